The number of nitrogens with zero attached hydrogens (tertiary/aromatic N) is 1. The van der Waals surface area contributed by atoms with Crippen LogP contribution in [0.4, 0.5) is 5.69 Å². The van der Waals surface area contributed by atoms with Gasteiger partial charge >= 0.3 is 0 Å². The van der Waals surface area contributed by atoms with Crippen molar-refractivity contribution in [3.05, 3.63) is 95.6 Å². The zero-order chi connectivity index (χ0) is 22.6. The first-order valence-corrected chi connectivity index (χ1v) is 11.7. The number of sulfonamides is 1. The van der Waals surface area contributed by atoms with Crippen LogP contribution >= 0.6 is 0 Å². The fraction of sp³-hybridized carbons (Fsp3) is 0.240. The Hall–Kier alpha value is -3.12. The average Bonchev–Trinajstić information content (AvgIpc) is 2.78. The van der Waals surface area contributed by atoms with Crippen LogP contribution < -0.4 is 9.62 Å². The van der Waals surface area contributed by atoms with E-state index >= 15 is 0 Å². The predicted molar refractivity (Wildman–Crippen MR) is 125 cm³/mol. The minimum Gasteiger partial charge on any atom is -0.345 e. The minimum absolute atomic E-state index is 0.0727. The van der Waals surface area contributed by atoms with Gasteiger partial charge in [-0.05, 0) is 54.3 Å². The van der Waals surface area contributed by atoms with Gasteiger partial charge in [-0.2, -0.15) is 0 Å². The molecule has 0 bridgehead atoms. The summed E-state index contributed by atoms with van der Waals surface area (Å²) in [5.74, 6) is -0.137. The van der Waals surface area contributed by atoms with Crippen LogP contribution in [-0.4, -0.2) is 21.4 Å². The summed E-state index contributed by atoms with van der Waals surface area (Å²) in [5.41, 5.74) is 3.01. The molecule has 5 nitrogen and oxygen atoms in total. The van der Waals surface area contributed by atoms with E-state index in [0.29, 0.717) is 11.3 Å². The maximum Gasteiger partial charge on any atom is 0.264 e. The average molecular weight is 437 g/mol. The second-order valence-corrected chi connectivity index (χ2v) is 9.86. The quantitative estimate of drug-likeness (QED) is 0.570. The minimum atomic E-state index is -3.80. The van der Waals surface area contributed by atoms with E-state index in [1.807, 2.05) is 51.1 Å². The van der Waals surface area contributed by atoms with Gasteiger partial charge in [0.25, 0.3) is 15.9 Å². The Labute approximate surface area is 184 Å². The van der Waals surface area contributed by atoms with Crippen molar-refractivity contribution in [2.24, 2.45) is 5.92 Å². The Morgan fingerprint density at radius 1 is 0.903 bits per heavy atom. The fourth-order valence-corrected chi connectivity index (χ4v) is 4.74. The van der Waals surface area contributed by atoms with Gasteiger partial charge in [0.2, 0.25) is 0 Å². The van der Waals surface area contributed by atoms with E-state index < -0.39 is 10.0 Å². The zero-order valence-electron chi connectivity index (χ0n) is 18.2. The van der Waals surface area contributed by atoms with Crippen LogP contribution in [0.3, 0.4) is 0 Å². The van der Waals surface area contributed by atoms with Gasteiger partial charge in [-0.15, -0.1) is 0 Å². The molecule has 1 amide bonds. The third-order valence-electron chi connectivity index (χ3n) is 5.35. The number of anilines is 1. The molecule has 162 valence electrons. The number of amides is 1. The fourth-order valence-electron chi connectivity index (χ4n) is 3.50. The molecule has 0 spiro atoms. The Morgan fingerprint density at radius 3 is 2.19 bits per heavy atom. The number of hydrogen-bond acceptors (Lipinski definition) is 3. The molecule has 1 atom stereocenters. The van der Waals surface area contributed by atoms with Crippen molar-refractivity contribution < 1.29 is 13.2 Å². The van der Waals surface area contributed by atoms with Crippen LogP contribution in [0, 0.1) is 12.8 Å². The number of hydrogen-bond donors (Lipinski definition) is 1. The molecule has 6 heteroatoms. The molecule has 3 aromatic carbocycles. The van der Waals surface area contributed by atoms with Gasteiger partial charge in [-0.1, -0.05) is 62.4 Å². The maximum atomic E-state index is 13.1. The highest BCUT2D eigenvalue weighted by atomic mass is 32.2. The predicted octanol–water partition coefficient (Wildman–Crippen LogP) is 4.95. The first-order valence-electron chi connectivity index (χ1n) is 10.2. The van der Waals surface area contributed by atoms with Crippen molar-refractivity contribution in [3.8, 4) is 0 Å². The molecule has 3 rings (SSSR count). The molecule has 1 N–H and O–H groups in total. The van der Waals surface area contributed by atoms with Gasteiger partial charge in [-0.25, -0.2) is 8.42 Å². The molecule has 0 saturated heterocycles. The highest BCUT2D eigenvalue weighted by molar-refractivity contribution is 7.92. The summed E-state index contributed by atoms with van der Waals surface area (Å²) in [6.07, 6.45) is 0. The Bertz CT molecular complexity index is 1160. The number of aryl methyl sites for hydroxylation is 1. The van der Waals surface area contributed by atoms with Gasteiger partial charge in [0.1, 0.15) is 0 Å². The normalized spacial score (nSPS) is 12.4. The van der Waals surface area contributed by atoms with Gasteiger partial charge in [0.15, 0.2) is 0 Å². The molecule has 1 unspecified atom stereocenters. The molecule has 3 aromatic rings. The SMILES string of the molecule is Cc1ccccc1C(NC(=O)c1cccc(S(=O)(=O)N(C)c2ccccc2)c1)C(C)C. The topological polar surface area (TPSA) is 66.5 Å². The number of nitrogens with one attached hydrogen (secondary N) is 1. The number of rotatable bonds is 7. The first-order chi connectivity index (χ1) is 14.7. The van der Waals surface area contributed by atoms with Crippen LogP contribution in [0.25, 0.3) is 0 Å². The standard InChI is InChI=1S/C25H28N2O3S/c1-18(2)24(23-16-9-8-11-19(23)3)26-25(28)20-12-10-15-22(17-20)31(29,30)27(4)21-13-6-5-7-14-21/h5-18,24H,1-4H3,(H,26,28). The summed E-state index contributed by atoms with van der Waals surface area (Å²) in [7, 11) is -2.29. The van der Waals surface area contributed by atoms with Crippen LogP contribution in [0.15, 0.2) is 83.8 Å². The van der Waals surface area contributed by atoms with E-state index in [4.69, 9.17) is 0 Å². The molecule has 0 radical (unpaired) electrons. The molecular formula is C25H28N2O3S. The molecule has 0 heterocycles. The van der Waals surface area contributed by atoms with Crippen molar-refractivity contribution in [3.63, 3.8) is 0 Å². The smallest absolute Gasteiger partial charge is 0.264 e. The molecule has 0 aliphatic heterocycles. The largest absolute Gasteiger partial charge is 0.345 e. The molecule has 0 aliphatic rings. The van der Waals surface area contributed by atoms with E-state index in [9.17, 15) is 13.2 Å². The maximum absolute atomic E-state index is 13.1. The Morgan fingerprint density at radius 2 is 1.55 bits per heavy atom. The second-order valence-electron chi connectivity index (χ2n) is 7.89. The molecular weight excluding hydrogens is 408 g/mol. The van der Waals surface area contributed by atoms with E-state index in [1.165, 1.54) is 23.5 Å². The molecule has 0 aliphatic carbocycles. The van der Waals surface area contributed by atoms with Crippen LogP contribution in [0.2, 0.25) is 0 Å². The van der Waals surface area contributed by atoms with E-state index in [2.05, 4.69) is 5.32 Å². The number of para-hydroxylation sites is 1. The lowest BCUT2D eigenvalue weighted by Crippen LogP contribution is -2.32. The number of carbonyl (C=O) groups is 1. The number of carbonyl (C=O) groups excluding carboxylic acids is 1. The lowest BCUT2D eigenvalue weighted by atomic mass is 9.92. The van der Waals surface area contributed by atoms with E-state index in [-0.39, 0.29) is 22.8 Å². The zero-order valence-corrected chi connectivity index (χ0v) is 19.1. The molecule has 31 heavy (non-hydrogen) atoms. The van der Waals surface area contributed by atoms with E-state index in [0.717, 1.165) is 11.1 Å². The summed E-state index contributed by atoms with van der Waals surface area (Å²) in [5, 5.41) is 3.08. The van der Waals surface area contributed by atoms with Crippen molar-refractivity contribution in [1.29, 1.82) is 0 Å². The van der Waals surface area contributed by atoms with Crippen molar-refractivity contribution >= 4 is 21.6 Å². The van der Waals surface area contributed by atoms with Crippen LogP contribution in [0.5, 0.6) is 0 Å². The van der Waals surface area contributed by atoms with E-state index in [1.54, 1.807) is 36.4 Å². The lowest BCUT2D eigenvalue weighted by molar-refractivity contribution is 0.0925. The van der Waals surface area contributed by atoms with Crippen LogP contribution in [-0.2, 0) is 10.0 Å². The summed E-state index contributed by atoms with van der Waals surface area (Å²) in [4.78, 5) is 13.1. The van der Waals surface area contributed by atoms with Crippen molar-refractivity contribution in [2.45, 2.75) is 31.7 Å². The third-order valence-corrected chi connectivity index (χ3v) is 7.13. The molecule has 0 aromatic heterocycles. The lowest BCUT2D eigenvalue weighted by Gasteiger charge is -2.25. The Balaban J connectivity index is 1.88. The third kappa shape index (κ3) is 4.97. The van der Waals surface area contributed by atoms with Gasteiger partial charge in [0, 0.05) is 12.6 Å². The monoisotopic (exact) mass is 436 g/mol. The Kier molecular flexibility index (Phi) is 6.81. The summed E-state index contributed by atoms with van der Waals surface area (Å²) in [6.45, 7) is 6.11. The van der Waals surface area contributed by atoms with Gasteiger partial charge in [-0.3, -0.25) is 9.10 Å². The highest BCUT2D eigenvalue weighted by Crippen LogP contribution is 2.26. The highest BCUT2D eigenvalue weighted by Gasteiger charge is 2.24. The van der Waals surface area contributed by atoms with Gasteiger partial charge < -0.3 is 5.32 Å². The summed E-state index contributed by atoms with van der Waals surface area (Å²) >= 11 is 0. The molecule has 0 saturated carbocycles. The second kappa shape index (κ2) is 9.35. The van der Waals surface area contributed by atoms with Crippen LogP contribution in [0.1, 0.15) is 41.4 Å². The van der Waals surface area contributed by atoms with Gasteiger partial charge in [0.05, 0.1) is 16.6 Å². The number of benzene rings is 3. The molecule has 0 fully saturated rings. The van der Waals surface area contributed by atoms with Crippen molar-refractivity contribution in [2.75, 3.05) is 11.4 Å². The van der Waals surface area contributed by atoms with Crippen molar-refractivity contribution in [1.82, 2.24) is 5.32 Å². The summed E-state index contributed by atoms with van der Waals surface area (Å²) < 4.78 is 27.4. The first kappa shape index (κ1) is 22.6. The summed E-state index contributed by atoms with van der Waals surface area (Å²) in [6, 6.07) is 22.8.